The highest BCUT2D eigenvalue weighted by Crippen LogP contribution is 2.12. The Morgan fingerprint density at radius 2 is 2.22 bits per heavy atom. The van der Waals surface area contributed by atoms with Gasteiger partial charge in [-0.25, -0.2) is 14.7 Å². The minimum atomic E-state index is -0.524. The number of carbonyl (C=O) groups excluding carboxylic acids is 2. The third-order valence-electron chi connectivity index (χ3n) is 3.03. The maximum atomic E-state index is 11.7. The number of aromatic amines is 1. The molecule has 0 saturated carbocycles. The van der Waals surface area contributed by atoms with Crippen molar-refractivity contribution in [2.45, 2.75) is 44.4 Å². The molecule has 0 bridgehead atoms. The maximum Gasteiger partial charge on any atom is 0.343 e. The second-order valence-electron chi connectivity index (χ2n) is 4.93. The lowest BCUT2D eigenvalue weighted by molar-refractivity contribution is -0.117. The molecule has 0 aliphatic rings. The number of nitrogens with one attached hydrogen (secondary N) is 3. The molecular weight excluding hydrogens is 322 g/mol. The lowest BCUT2D eigenvalue weighted by atomic mass is 10.3. The van der Waals surface area contributed by atoms with Gasteiger partial charge in [-0.2, -0.15) is 0 Å². The minimum absolute atomic E-state index is 0.00671. The highest BCUT2D eigenvalue weighted by Gasteiger charge is 2.13. The van der Waals surface area contributed by atoms with Crippen LogP contribution in [0.5, 0.6) is 0 Å². The Kier molecular flexibility index (Phi) is 8.41. The first-order valence-electron chi connectivity index (χ1n) is 7.35. The van der Waals surface area contributed by atoms with Crippen molar-refractivity contribution in [3.63, 3.8) is 0 Å². The van der Waals surface area contributed by atoms with Crippen LogP contribution >= 0.6 is 11.8 Å². The fraction of sp³-hybridized carbons (Fsp3) is 0.692. The molecule has 0 aliphatic heterocycles. The van der Waals surface area contributed by atoms with E-state index in [-0.39, 0.29) is 17.5 Å². The van der Waals surface area contributed by atoms with Crippen molar-refractivity contribution in [1.82, 2.24) is 25.4 Å². The van der Waals surface area contributed by atoms with Crippen molar-refractivity contribution < 1.29 is 14.3 Å². The number of H-pyrrole nitrogens is 1. The third-order valence-corrected chi connectivity index (χ3v) is 4.01. The summed E-state index contributed by atoms with van der Waals surface area (Å²) >= 11 is 1.09. The van der Waals surface area contributed by atoms with Gasteiger partial charge in [-0.1, -0.05) is 18.7 Å². The largest absolute Gasteiger partial charge is 0.385 e. The quantitative estimate of drug-likeness (QED) is 0.438. The van der Waals surface area contributed by atoms with Crippen LogP contribution in [-0.4, -0.2) is 52.2 Å². The second kappa shape index (κ2) is 10.1. The van der Waals surface area contributed by atoms with E-state index in [0.717, 1.165) is 18.2 Å². The lowest BCUT2D eigenvalue weighted by Crippen LogP contribution is -2.43. The van der Waals surface area contributed by atoms with Crippen molar-refractivity contribution in [2.24, 2.45) is 0 Å². The minimum Gasteiger partial charge on any atom is -0.385 e. The number of urea groups is 1. The molecule has 9 nitrogen and oxygen atoms in total. The van der Waals surface area contributed by atoms with E-state index in [9.17, 15) is 14.4 Å². The van der Waals surface area contributed by atoms with E-state index in [1.165, 1.54) is 4.57 Å². The van der Waals surface area contributed by atoms with Gasteiger partial charge in [0.2, 0.25) is 5.91 Å². The van der Waals surface area contributed by atoms with Crippen LogP contribution in [-0.2, 0) is 16.1 Å². The number of amides is 3. The van der Waals surface area contributed by atoms with Gasteiger partial charge in [0.1, 0.15) is 0 Å². The Morgan fingerprint density at radius 3 is 2.87 bits per heavy atom. The fourth-order valence-electron chi connectivity index (χ4n) is 1.63. The van der Waals surface area contributed by atoms with Crippen LogP contribution in [0.3, 0.4) is 0 Å². The monoisotopic (exact) mass is 345 g/mol. The Balaban J connectivity index is 2.47. The molecule has 1 aromatic heterocycles. The maximum absolute atomic E-state index is 11.7. The standard InChI is InChI=1S/C13H23N5O4S/c1-4-9(2)14-11(20)15-10(19)8-23-13-17-16-12(21)18(13)6-5-7-22-3/h9H,4-8H2,1-3H3,(H,16,21)(H2,14,15,19,20)/t9-/m1/s1. The predicted molar refractivity (Wildman–Crippen MR) is 86.5 cm³/mol. The SMILES string of the molecule is CC[C@@H](C)NC(=O)NC(=O)CSc1n[nH]c(=O)n1CCCOC. The fourth-order valence-corrected chi connectivity index (χ4v) is 2.40. The molecule has 0 spiro atoms. The van der Waals surface area contributed by atoms with Gasteiger partial charge in [-0.15, -0.1) is 5.10 Å². The van der Waals surface area contributed by atoms with Crippen LogP contribution in [0, 0.1) is 0 Å². The highest BCUT2D eigenvalue weighted by atomic mass is 32.2. The number of imide groups is 1. The molecular formula is C13H23N5O4S. The molecule has 0 unspecified atom stereocenters. The third kappa shape index (κ3) is 6.87. The molecule has 23 heavy (non-hydrogen) atoms. The molecule has 0 fully saturated rings. The van der Waals surface area contributed by atoms with Gasteiger partial charge >= 0.3 is 11.7 Å². The van der Waals surface area contributed by atoms with E-state index < -0.39 is 11.9 Å². The van der Waals surface area contributed by atoms with Crippen LogP contribution in [0.15, 0.2) is 9.95 Å². The van der Waals surface area contributed by atoms with Gasteiger partial charge in [0.25, 0.3) is 0 Å². The first-order valence-corrected chi connectivity index (χ1v) is 8.33. The highest BCUT2D eigenvalue weighted by molar-refractivity contribution is 7.99. The molecule has 1 atom stereocenters. The normalized spacial score (nSPS) is 12.0. The zero-order valence-corrected chi connectivity index (χ0v) is 14.4. The summed E-state index contributed by atoms with van der Waals surface area (Å²) in [5, 5.41) is 11.5. The number of hydrogen-bond donors (Lipinski definition) is 3. The summed E-state index contributed by atoms with van der Waals surface area (Å²) in [6, 6.07) is -0.530. The van der Waals surface area contributed by atoms with Gasteiger partial charge in [0, 0.05) is 26.3 Å². The van der Waals surface area contributed by atoms with Gasteiger partial charge in [-0.05, 0) is 19.8 Å². The van der Waals surface area contributed by atoms with Crippen molar-refractivity contribution >= 4 is 23.7 Å². The summed E-state index contributed by atoms with van der Waals surface area (Å²) < 4.78 is 6.38. The summed E-state index contributed by atoms with van der Waals surface area (Å²) in [5.74, 6) is -0.461. The van der Waals surface area contributed by atoms with Crippen LogP contribution in [0.25, 0.3) is 0 Å². The predicted octanol–water partition coefficient (Wildman–Crippen LogP) is 0.324. The molecule has 0 aliphatic carbocycles. The van der Waals surface area contributed by atoms with Gasteiger partial charge < -0.3 is 10.1 Å². The van der Waals surface area contributed by atoms with E-state index in [4.69, 9.17) is 4.74 Å². The number of nitrogens with zero attached hydrogens (tertiary/aromatic N) is 2. The van der Waals surface area contributed by atoms with E-state index in [1.807, 2.05) is 13.8 Å². The number of thioether (sulfide) groups is 1. The average Bonchev–Trinajstić information content (AvgIpc) is 2.86. The van der Waals surface area contributed by atoms with Crippen LogP contribution in [0.1, 0.15) is 26.7 Å². The Morgan fingerprint density at radius 1 is 1.48 bits per heavy atom. The smallest absolute Gasteiger partial charge is 0.343 e. The molecule has 1 rings (SSSR count). The summed E-state index contributed by atoms with van der Waals surface area (Å²) in [5.41, 5.74) is -0.335. The molecule has 1 heterocycles. The first kappa shape index (κ1) is 19.2. The number of methoxy groups -OCH3 is 1. The van der Waals surface area contributed by atoms with Crippen molar-refractivity contribution in [3.8, 4) is 0 Å². The first-order chi connectivity index (χ1) is 11.0. The zero-order chi connectivity index (χ0) is 17.2. The number of carbonyl (C=O) groups is 2. The average molecular weight is 345 g/mol. The molecule has 0 radical (unpaired) electrons. The van der Waals surface area contributed by atoms with E-state index in [0.29, 0.717) is 24.7 Å². The molecule has 130 valence electrons. The van der Waals surface area contributed by atoms with Crippen molar-refractivity contribution in [2.75, 3.05) is 19.5 Å². The topological polar surface area (TPSA) is 118 Å². The van der Waals surface area contributed by atoms with Crippen LogP contribution in [0.4, 0.5) is 4.79 Å². The molecule has 0 aromatic carbocycles. The molecule has 10 heteroatoms. The Bertz CT molecular complexity index is 571. The number of ether oxygens (including phenoxy) is 1. The van der Waals surface area contributed by atoms with Gasteiger partial charge in [-0.3, -0.25) is 14.7 Å². The summed E-state index contributed by atoms with van der Waals surface area (Å²) in [4.78, 5) is 34.9. The number of aromatic nitrogens is 3. The molecule has 1 aromatic rings. The van der Waals surface area contributed by atoms with Crippen molar-refractivity contribution in [1.29, 1.82) is 0 Å². The Hall–Kier alpha value is -1.81. The second-order valence-corrected chi connectivity index (χ2v) is 5.87. The summed E-state index contributed by atoms with van der Waals surface area (Å²) in [6.07, 6.45) is 1.43. The number of hydrogen-bond acceptors (Lipinski definition) is 6. The lowest BCUT2D eigenvalue weighted by Gasteiger charge is -2.11. The molecule has 3 N–H and O–H groups in total. The van der Waals surface area contributed by atoms with Crippen molar-refractivity contribution in [3.05, 3.63) is 10.5 Å². The number of rotatable bonds is 9. The van der Waals surface area contributed by atoms with Crippen LogP contribution in [0.2, 0.25) is 0 Å². The summed E-state index contributed by atoms with van der Waals surface area (Å²) in [7, 11) is 1.59. The molecule has 0 saturated heterocycles. The van der Waals surface area contributed by atoms with Crippen LogP contribution < -0.4 is 16.3 Å². The van der Waals surface area contributed by atoms with E-state index >= 15 is 0 Å². The zero-order valence-electron chi connectivity index (χ0n) is 13.5. The van der Waals surface area contributed by atoms with E-state index in [2.05, 4.69) is 20.8 Å². The summed E-state index contributed by atoms with van der Waals surface area (Å²) in [6.45, 7) is 4.75. The van der Waals surface area contributed by atoms with Gasteiger partial charge in [0.15, 0.2) is 5.16 Å². The molecule has 3 amide bonds. The van der Waals surface area contributed by atoms with Gasteiger partial charge in [0.05, 0.1) is 5.75 Å². The Labute approximate surface area is 138 Å². The van der Waals surface area contributed by atoms with E-state index in [1.54, 1.807) is 7.11 Å².